The second kappa shape index (κ2) is 48.6. The van der Waals surface area contributed by atoms with Crippen LogP contribution in [-0.2, 0) is 49.8 Å². The standard InChI is InChI=1S/C31H39F6NO.C27H29F8NO.2C26H29F6NO/c1-19(2)13-14-38-28(7-6-8-29(38)31(35,36)37)25-17-23(22-9-11-26(12-10-22)30(32,33)34)16-24(18-25)27(21(5)39)15-20(3)4;1-16(2)11-12-36-23(5-4-6-24(36)27(33,34)35)20-13-19(14-22(15-20)25(28,29)17(3)37)18-7-9-21(10-8-18)26(30,31)32;1-15(2)10-23(16(3)34)19-11-18(17-4-6-21(7-5-17)25(27,28)29)12-20(13-19)24-9-8-22(14-33-24)26(30,31)32;1-15(2)11-22(16(3)34)19-12-18(17-7-9-21(10-8-17)25(27,28)29)13-20(14-19)23-5-4-6-24(33-23)26(30,31)32/h9-12,16-20,27-29H,6-8,13-15H2,1-5H3;7-10,13-16,23-24H,4-6,11-12H2,1-3H3;4-7,11-13,15,22-24,33H,8-10,14H2,1-3H3;7-10,12-15,22-24,33H,4-6,11H2,1-3H3/t27-,28-,29+;;;/m1.../s1. The number of ketones is 4. The first kappa shape index (κ1) is 118. The lowest BCUT2D eigenvalue weighted by Crippen LogP contribution is -2.50. The average Bonchev–Trinajstić information content (AvgIpc) is 0.767. The molecular formula is C110H126F26N4O4. The smallest absolute Gasteiger partial charge is 0.309 e. The van der Waals surface area contributed by atoms with Gasteiger partial charge in [0.05, 0.1) is 28.2 Å². The number of carbonyl (C=O) groups excluding carboxylic acids is 4. The van der Waals surface area contributed by atoms with Crippen molar-refractivity contribution in [3.05, 3.63) is 237 Å². The van der Waals surface area contributed by atoms with Crippen LogP contribution < -0.4 is 10.6 Å². The number of hydrogen-bond acceptors (Lipinski definition) is 8. The van der Waals surface area contributed by atoms with Gasteiger partial charge in [0.2, 0.25) is 5.78 Å². The van der Waals surface area contributed by atoms with Gasteiger partial charge in [-0.3, -0.25) is 34.3 Å². The highest BCUT2D eigenvalue weighted by atomic mass is 19.4. The Bertz CT molecular complexity index is 5530. The minimum absolute atomic E-state index is 0.00509. The van der Waals surface area contributed by atoms with E-state index in [-0.39, 0.29) is 134 Å². The van der Waals surface area contributed by atoms with Gasteiger partial charge in [0.15, 0.2) is 0 Å². The molecule has 0 saturated carbocycles. The molecule has 8 aromatic rings. The summed E-state index contributed by atoms with van der Waals surface area (Å²) in [7, 11) is 0. The second-order valence-corrected chi connectivity index (χ2v) is 40.7. The minimum Gasteiger partial charge on any atom is -0.309 e. The van der Waals surface area contributed by atoms with Gasteiger partial charge in [-0.15, -0.1) is 0 Å². The Labute approximate surface area is 824 Å². The summed E-state index contributed by atoms with van der Waals surface area (Å²) in [5, 5.41) is 5.68. The fourth-order valence-corrected chi connectivity index (χ4v) is 19.4. The van der Waals surface area contributed by atoms with Gasteiger partial charge >= 0.3 is 55.3 Å². The molecule has 4 saturated heterocycles. The third-order valence-corrected chi connectivity index (χ3v) is 27.1. The molecule has 0 aromatic heterocycles. The van der Waals surface area contributed by atoms with Crippen LogP contribution >= 0.6 is 0 Å². The predicted octanol–water partition coefficient (Wildman–Crippen LogP) is 33.7. The van der Waals surface area contributed by atoms with E-state index in [0.29, 0.717) is 120 Å². The van der Waals surface area contributed by atoms with E-state index in [1.807, 2.05) is 93.5 Å². The Morgan fingerprint density at radius 2 is 0.611 bits per heavy atom. The van der Waals surface area contributed by atoms with Crippen LogP contribution in [0.5, 0.6) is 0 Å². The average molecular weight is 2060 g/mol. The maximum Gasteiger partial charge on any atom is 0.416 e. The van der Waals surface area contributed by atoms with Gasteiger partial charge in [-0.25, -0.2) is 0 Å². The fourth-order valence-electron chi connectivity index (χ4n) is 19.4. The van der Waals surface area contributed by atoms with Gasteiger partial charge in [-0.1, -0.05) is 154 Å². The zero-order valence-electron chi connectivity index (χ0n) is 82.7. The van der Waals surface area contributed by atoms with Crippen molar-refractivity contribution in [1.82, 2.24) is 20.4 Å². The van der Waals surface area contributed by atoms with Gasteiger partial charge in [0, 0.05) is 61.0 Å². The zero-order valence-corrected chi connectivity index (χ0v) is 82.7. The molecule has 0 bridgehead atoms. The number of rotatable bonds is 28. The fraction of sp³-hybridized carbons (Fsp3) is 0.527. The minimum atomic E-state index is -4.60. The summed E-state index contributed by atoms with van der Waals surface area (Å²) in [5.41, 5.74) is 4.00. The molecule has 11 atom stereocenters. The summed E-state index contributed by atoms with van der Waals surface area (Å²) in [6, 6.07) is 30.5. The Morgan fingerprint density at radius 3 is 0.889 bits per heavy atom. The van der Waals surface area contributed by atoms with Crippen molar-refractivity contribution in [2.45, 2.75) is 315 Å². The molecule has 2 N–H and O–H groups in total. The molecule has 0 aliphatic carbocycles. The largest absolute Gasteiger partial charge is 0.416 e. The van der Waals surface area contributed by atoms with Crippen molar-refractivity contribution >= 4 is 23.1 Å². The first-order valence-corrected chi connectivity index (χ1v) is 48.6. The number of piperidine rings is 4. The topological polar surface area (TPSA) is 98.8 Å². The summed E-state index contributed by atoms with van der Waals surface area (Å²) in [6.07, 6.45) is -30.2. The maximum atomic E-state index is 14.9. The lowest BCUT2D eigenvalue weighted by molar-refractivity contribution is -0.200. The molecule has 0 radical (unpaired) electrons. The first-order valence-electron chi connectivity index (χ1n) is 48.6. The number of alkyl halides is 26. The van der Waals surface area contributed by atoms with E-state index in [1.54, 1.807) is 35.2 Å². The highest BCUT2D eigenvalue weighted by molar-refractivity contribution is 5.87. The second-order valence-electron chi connectivity index (χ2n) is 40.7. The number of Topliss-reactive ketones (excluding diaryl/α,β-unsaturated/α-hetero) is 4. The van der Waals surface area contributed by atoms with Crippen LogP contribution in [0, 0.1) is 35.5 Å². The van der Waals surface area contributed by atoms with Crippen LogP contribution in [0.15, 0.2) is 170 Å². The summed E-state index contributed by atoms with van der Waals surface area (Å²) in [6.45, 7) is 25.0. The number of benzene rings is 8. The van der Waals surface area contributed by atoms with Crippen molar-refractivity contribution in [3.8, 4) is 44.5 Å². The molecule has 4 heterocycles. The van der Waals surface area contributed by atoms with Gasteiger partial charge in [-0.2, -0.15) is 114 Å². The molecule has 8 nitrogen and oxygen atoms in total. The Kier molecular flexibility index (Phi) is 39.8. The zero-order chi connectivity index (χ0) is 107. The molecule has 0 amide bonds. The van der Waals surface area contributed by atoms with Crippen LogP contribution in [0.25, 0.3) is 44.5 Å². The molecule has 8 aromatic carbocycles. The Balaban J connectivity index is 0.000000214. The van der Waals surface area contributed by atoms with E-state index in [1.165, 1.54) is 68.1 Å². The van der Waals surface area contributed by atoms with Gasteiger partial charge in [-0.05, 0) is 335 Å². The maximum absolute atomic E-state index is 14.9. The molecule has 12 rings (SSSR count). The summed E-state index contributed by atoms with van der Waals surface area (Å²) >= 11 is 0. The van der Waals surface area contributed by atoms with E-state index in [9.17, 15) is 133 Å². The molecule has 8 unspecified atom stereocenters. The van der Waals surface area contributed by atoms with Gasteiger partial charge in [0.1, 0.15) is 35.5 Å². The summed E-state index contributed by atoms with van der Waals surface area (Å²) in [4.78, 5) is 52.2. The molecule has 144 heavy (non-hydrogen) atoms. The summed E-state index contributed by atoms with van der Waals surface area (Å²) < 4.78 is 350. The molecule has 4 fully saturated rings. The number of nitrogens with one attached hydrogen (secondary N) is 2. The van der Waals surface area contributed by atoms with Crippen molar-refractivity contribution < 1.29 is 133 Å². The van der Waals surface area contributed by atoms with Crippen LogP contribution in [0.3, 0.4) is 0 Å². The lowest BCUT2D eigenvalue weighted by Gasteiger charge is -2.43. The van der Waals surface area contributed by atoms with Crippen LogP contribution in [-0.4, -0.2) is 95.4 Å². The van der Waals surface area contributed by atoms with Crippen molar-refractivity contribution in [1.29, 1.82) is 0 Å². The van der Waals surface area contributed by atoms with E-state index < -0.39 is 149 Å². The summed E-state index contributed by atoms with van der Waals surface area (Å²) in [5.74, 6) is -7.26. The number of nitrogens with zero attached hydrogens (tertiary/aromatic N) is 2. The van der Waals surface area contributed by atoms with Crippen LogP contribution in [0.4, 0.5) is 114 Å². The van der Waals surface area contributed by atoms with Crippen molar-refractivity contribution in [2.75, 3.05) is 19.6 Å². The number of hydrogen-bond donors (Lipinski definition) is 2. The molecule has 4 aliphatic rings. The van der Waals surface area contributed by atoms with Crippen molar-refractivity contribution in [2.24, 2.45) is 35.5 Å². The molecule has 34 heteroatoms. The SMILES string of the molecule is CC(=O)C(CC(C)C)c1cc(-c2ccc(C(F)(F)F)cc2)cc(C2CCC(C(F)(F)F)CN2)c1.CC(=O)C(CC(C)C)c1cc(-c2ccc(C(F)(F)F)cc2)cc(C2CCCC(C(F)(F)F)N2)c1.CC(=O)C(F)(F)c1cc(-c2ccc(C(F)(F)F)cc2)cc(C2CCCC(C(F)(F)F)N2CCC(C)C)c1.CC(=O)[C@@H](CC(C)C)c1cc(-c2ccc(C(F)(F)F)cc2)cc([C@H]2CCC[C@@H](C(F)(F)F)N2CCC(C)C)c1. The van der Waals surface area contributed by atoms with E-state index in [4.69, 9.17) is 0 Å². The lowest BCUT2D eigenvalue weighted by atomic mass is 9.82. The van der Waals surface area contributed by atoms with E-state index >= 15 is 0 Å². The van der Waals surface area contributed by atoms with Crippen molar-refractivity contribution in [3.63, 3.8) is 0 Å². The van der Waals surface area contributed by atoms with E-state index in [2.05, 4.69) is 10.6 Å². The Hall–Kier alpha value is -9.54. The van der Waals surface area contributed by atoms with Gasteiger partial charge in [0.25, 0.3) is 0 Å². The normalized spacial score (nSPS) is 20.2. The number of halogens is 26. The van der Waals surface area contributed by atoms with Crippen LogP contribution in [0.2, 0.25) is 0 Å². The highest BCUT2D eigenvalue weighted by Crippen LogP contribution is 2.50. The van der Waals surface area contributed by atoms with Crippen LogP contribution in [0.1, 0.15) is 308 Å². The highest BCUT2D eigenvalue weighted by Gasteiger charge is 2.51. The quantitative estimate of drug-likeness (QED) is 0.0468. The molecule has 0 spiro atoms. The van der Waals surface area contributed by atoms with Gasteiger partial charge < -0.3 is 5.32 Å². The predicted molar refractivity (Wildman–Crippen MR) is 505 cm³/mol. The molecular weight excluding hydrogens is 1940 g/mol. The number of likely N-dealkylation sites (tertiary alicyclic amines) is 2. The molecule has 4 aliphatic heterocycles. The number of carbonyl (C=O) groups is 4. The Morgan fingerprint density at radius 1 is 0.306 bits per heavy atom. The third kappa shape index (κ3) is 32.7. The molecule has 792 valence electrons. The third-order valence-electron chi connectivity index (χ3n) is 27.1. The monoisotopic (exact) mass is 2060 g/mol. The first-order chi connectivity index (χ1) is 66.6. The van der Waals surface area contributed by atoms with E-state index in [0.717, 1.165) is 83.9 Å².